The van der Waals surface area contributed by atoms with E-state index in [2.05, 4.69) is 23.1 Å². The molecule has 1 saturated carbocycles. The number of methoxy groups -OCH3 is 1. The molecule has 144 valence electrons. The minimum atomic E-state index is -0.311. The van der Waals surface area contributed by atoms with Crippen LogP contribution in [-0.4, -0.2) is 49.0 Å². The third-order valence-corrected chi connectivity index (χ3v) is 6.01. The van der Waals surface area contributed by atoms with Gasteiger partial charge in [-0.15, -0.1) is 0 Å². The minimum absolute atomic E-state index is 0.247. The predicted molar refractivity (Wildman–Crippen MR) is 107 cm³/mol. The molecule has 1 heterocycles. The molecule has 0 aromatic heterocycles. The average Bonchev–Trinajstić information content (AvgIpc) is 3.57. The van der Waals surface area contributed by atoms with Gasteiger partial charge in [-0.1, -0.05) is 42.5 Å². The zero-order chi connectivity index (χ0) is 19.6. The molecule has 0 spiro atoms. The van der Waals surface area contributed by atoms with E-state index in [1.807, 2.05) is 47.4 Å². The van der Waals surface area contributed by atoms with Gasteiger partial charge in [0.2, 0.25) is 5.91 Å². The summed E-state index contributed by atoms with van der Waals surface area (Å²) in [4.78, 5) is 17.3. The first-order valence-corrected chi connectivity index (χ1v) is 9.80. The normalized spacial score (nSPS) is 19.5. The Morgan fingerprint density at radius 2 is 1.68 bits per heavy atom. The highest BCUT2D eigenvalue weighted by Gasteiger charge is 2.53. The van der Waals surface area contributed by atoms with Gasteiger partial charge in [0.1, 0.15) is 11.8 Å². The van der Waals surface area contributed by atoms with Crippen LogP contribution in [0.1, 0.15) is 30.0 Å². The Balaban J connectivity index is 1.41. The summed E-state index contributed by atoms with van der Waals surface area (Å²) in [6.45, 7) is 2.76. The molecular weight excluding hydrogens is 350 g/mol. The third-order valence-electron chi connectivity index (χ3n) is 6.01. The summed E-state index contributed by atoms with van der Waals surface area (Å²) in [7, 11) is 1.63. The molecule has 1 aliphatic heterocycles. The maximum Gasteiger partial charge on any atom is 0.233 e. The molecule has 0 bridgehead atoms. The van der Waals surface area contributed by atoms with E-state index in [1.165, 1.54) is 0 Å². The van der Waals surface area contributed by atoms with E-state index in [-0.39, 0.29) is 17.4 Å². The summed E-state index contributed by atoms with van der Waals surface area (Å²) in [5.41, 5.74) is 1.79. The molecule has 0 radical (unpaired) electrons. The lowest BCUT2D eigenvalue weighted by Gasteiger charge is -2.38. The molecule has 2 aromatic rings. The van der Waals surface area contributed by atoms with Gasteiger partial charge in [-0.25, -0.2) is 0 Å². The topological polar surface area (TPSA) is 56.6 Å². The molecule has 2 fully saturated rings. The summed E-state index contributed by atoms with van der Waals surface area (Å²) < 4.78 is 5.20. The van der Waals surface area contributed by atoms with E-state index in [0.29, 0.717) is 26.2 Å². The second kappa shape index (κ2) is 7.65. The lowest BCUT2D eigenvalue weighted by Crippen LogP contribution is -2.52. The maximum atomic E-state index is 13.2. The second-order valence-corrected chi connectivity index (χ2v) is 7.58. The molecule has 1 amide bonds. The SMILES string of the molecule is COc1ccc(C(C#N)N2CCN(C(=O)C3(c4ccccc4)CC3)CC2)cc1. The average molecular weight is 375 g/mol. The van der Waals surface area contributed by atoms with Crippen LogP contribution in [0.4, 0.5) is 0 Å². The molecule has 1 saturated heterocycles. The number of nitriles is 1. The van der Waals surface area contributed by atoms with Crippen molar-refractivity contribution < 1.29 is 9.53 Å². The Labute approximate surface area is 166 Å². The van der Waals surface area contributed by atoms with Crippen molar-refractivity contribution in [2.75, 3.05) is 33.3 Å². The molecule has 28 heavy (non-hydrogen) atoms. The molecule has 1 unspecified atom stereocenters. The first kappa shape index (κ1) is 18.5. The lowest BCUT2D eigenvalue weighted by molar-refractivity contribution is -0.136. The van der Waals surface area contributed by atoms with E-state index in [0.717, 1.165) is 29.7 Å². The zero-order valence-corrected chi connectivity index (χ0v) is 16.2. The van der Waals surface area contributed by atoms with Crippen molar-refractivity contribution in [1.82, 2.24) is 9.80 Å². The van der Waals surface area contributed by atoms with E-state index < -0.39 is 0 Å². The van der Waals surface area contributed by atoms with E-state index in [4.69, 9.17) is 4.74 Å². The van der Waals surface area contributed by atoms with Crippen LogP contribution in [0.25, 0.3) is 0 Å². The number of rotatable bonds is 5. The fourth-order valence-electron chi connectivity index (χ4n) is 4.15. The van der Waals surface area contributed by atoms with Crippen molar-refractivity contribution in [2.45, 2.75) is 24.3 Å². The van der Waals surface area contributed by atoms with Gasteiger partial charge in [-0.2, -0.15) is 5.26 Å². The van der Waals surface area contributed by atoms with Gasteiger partial charge in [0.25, 0.3) is 0 Å². The second-order valence-electron chi connectivity index (χ2n) is 7.58. The highest BCUT2D eigenvalue weighted by atomic mass is 16.5. The molecule has 1 aliphatic carbocycles. The summed E-state index contributed by atoms with van der Waals surface area (Å²) in [5, 5.41) is 9.72. The van der Waals surface area contributed by atoms with Crippen LogP contribution in [0.5, 0.6) is 5.75 Å². The fourth-order valence-corrected chi connectivity index (χ4v) is 4.15. The number of carbonyl (C=O) groups excluding carboxylic acids is 1. The van der Waals surface area contributed by atoms with Crippen LogP contribution >= 0.6 is 0 Å². The number of hydrogen-bond donors (Lipinski definition) is 0. The van der Waals surface area contributed by atoms with Crippen LogP contribution in [0, 0.1) is 11.3 Å². The molecule has 0 N–H and O–H groups in total. The van der Waals surface area contributed by atoms with Crippen LogP contribution in [0.2, 0.25) is 0 Å². The summed E-state index contributed by atoms with van der Waals surface area (Å²) >= 11 is 0. The Bertz CT molecular complexity index is 861. The molecule has 4 rings (SSSR count). The van der Waals surface area contributed by atoms with Gasteiger partial charge in [0.15, 0.2) is 0 Å². The fraction of sp³-hybridized carbons (Fsp3) is 0.391. The van der Waals surface area contributed by atoms with Crippen molar-refractivity contribution in [3.05, 3.63) is 65.7 Å². The summed E-state index contributed by atoms with van der Waals surface area (Å²) in [6.07, 6.45) is 1.87. The maximum absolute atomic E-state index is 13.2. The Morgan fingerprint density at radius 1 is 1.04 bits per heavy atom. The van der Waals surface area contributed by atoms with Crippen molar-refractivity contribution in [2.24, 2.45) is 0 Å². The highest BCUT2D eigenvalue weighted by Crippen LogP contribution is 2.49. The molecular formula is C23H25N3O2. The molecule has 2 aromatic carbocycles. The lowest BCUT2D eigenvalue weighted by atomic mass is 9.94. The third kappa shape index (κ3) is 3.36. The van der Waals surface area contributed by atoms with Crippen LogP contribution in [-0.2, 0) is 10.2 Å². The highest BCUT2D eigenvalue weighted by molar-refractivity contribution is 5.91. The summed E-state index contributed by atoms with van der Waals surface area (Å²) in [6, 6.07) is 19.9. The monoisotopic (exact) mass is 375 g/mol. The van der Waals surface area contributed by atoms with Gasteiger partial charge in [0.05, 0.1) is 18.6 Å². The Morgan fingerprint density at radius 3 is 2.21 bits per heavy atom. The number of amides is 1. The Hall–Kier alpha value is -2.84. The van der Waals surface area contributed by atoms with Crippen LogP contribution in [0.15, 0.2) is 54.6 Å². The largest absolute Gasteiger partial charge is 0.497 e. The minimum Gasteiger partial charge on any atom is -0.497 e. The van der Waals surface area contributed by atoms with E-state index in [9.17, 15) is 10.1 Å². The van der Waals surface area contributed by atoms with Gasteiger partial charge >= 0.3 is 0 Å². The first-order valence-electron chi connectivity index (χ1n) is 9.80. The van der Waals surface area contributed by atoms with Gasteiger partial charge in [-0.3, -0.25) is 9.69 Å². The number of benzene rings is 2. The van der Waals surface area contributed by atoms with Crippen molar-refractivity contribution in [3.63, 3.8) is 0 Å². The first-order chi connectivity index (χ1) is 13.7. The number of hydrogen-bond acceptors (Lipinski definition) is 4. The number of ether oxygens (including phenoxy) is 1. The van der Waals surface area contributed by atoms with Crippen LogP contribution < -0.4 is 4.74 Å². The molecule has 5 heteroatoms. The molecule has 5 nitrogen and oxygen atoms in total. The molecule has 2 aliphatic rings. The van der Waals surface area contributed by atoms with Gasteiger partial charge in [0, 0.05) is 26.2 Å². The Kier molecular flexibility index (Phi) is 5.06. The van der Waals surface area contributed by atoms with Crippen molar-refractivity contribution in [1.29, 1.82) is 5.26 Å². The summed E-state index contributed by atoms with van der Waals surface area (Å²) in [5.74, 6) is 1.03. The number of nitrogens with zero attached hydrogens (tertiary/aromatic N) is 3. The predicted octanol–water partition coefficient (Wildman–Crippen LogP) is 3.14. The molecule has 1 atom stereocenters. The smallest absolute Gasteiger partial charge is 0.233 e. The van der Waals surface area contributed by atoms with Gasteiger partial charge < -0.3 is 9.64 Å². The standard InChI is InChI=1S/C23H25N3O2/c1-28-20-9-7-18(8-10-20)21(17-24)25-13-15-26(16-14-25)22(27)23(11-12-23)19-5-3-2-4-6-19/h2-10,21H,11-16H2,1H3. The quantitative estimate of drug-likeness (QED) is 0.806. The number of carbonyl (C=O) groups is 1. The van der Waals surface area contributed by atoms with Crippen molar-refractivity contribution >= 4 is 5.91 Å². The van der Waals surface area contributed by atoms with Crippen LogP contribution in [0.3, 0.4) is 0 Å². The zero-order valence-electron chi connectivity index (χ0n) is 16.2. The van der Waals surface area contributed by atoms with E-state index >= 15 is 0 Å². The van der Waals surface area contributed by atoms with Crippen molar-refractivity contribution in [3.8, 4) is 11.8 Å². The van der Waals surface area contributed by atoms with Gasteiger partial charge in [-0.05, 0) is 36.1 Å². The van der Waals surface area contributed by atoms with E-state index in [1.54, 1.807) is 7.11 Å². The number of piperazine rings is 1.